The van der Waals surface area contributed by atoms with Crippen molar-refractivity contribution in [2.45, 2.75) is 13.5 Å². The van der Waals surface area contributed by atoms with Crippen molar-refractivity contribution in [3.05, 3.63) is 64.5 Å². The Bertz CT molecular complexity index is 846. The second-order valence-corrected chi connectivity index (χ2v) is 5.10. The molecule has 2 aromatic heterocycles. The number of nitrogens with one attached hydrogen (secondary N) is 2. The van der Waals surface area contributed by atoms with E-state index in [0.717, 1.165) is 10.9 Å². The fraction of sp³-hybridized carbons (Fsp3) is 0.188. The van der Waals surface area contributed by atoms with Gasteiger partial charge in [-0.1, -0.05) is 18.2 Å². The Morgan fingerprint density at radius 1 is 1.36 bits per heavy atom. The summed E-state index contributed by atoms with van der Waals surface area (Å²) in [6.45, 7) is 2.47. The Kier molecular flexibility index (Phi) is 3.74. The second kappa shape index (κ2) is 5.85. The number of carbonyl (C=O) groups is 1. The van der Waals surface area contributed by atoms with Gasteiger partial charge in [-0.05, 0) is 19.1 Å². The molecule has 0 saturated carbocycles. The van der Waals surface area contributed by atoms with Crippen molar-refractivity contribution in [1.29, 1.82) is 0 Å². The van der Waals surface area contributed by atoms with Gasteiger partial charge in [0.1, 0.15) is 5.69 Å². The van der Waals surface area contributed by atoms with Crippen LogP contribution in [-0.4, -0.2) is 27.0 Å². The molecule has 0 unspecified atom stereocenters. The fourth-order valence-corrected chi connectivity index (χ4v) is 2.30. The van der Waals surface area contributed by atoms with Crippen LogP contribution in [0.25, 0.3) is 10.9 Å². The molecule has 0 aliphatic carbocycles. The van der Waals surface area contributed by atoms with Crippen LogP contribution in [0.1, 0.15) is 16.1 Å². The third-order valence-corrected chi connectivity index (χ3v) is 3.49. The highest BCUT2D eigenvalue weighted by Crippen LogP contribution is 2.14. The summed E-state index contributed by atoms with van der Waals surface area (Å²) in [5.41, 5.74) is 1.93. The quantitative estimate of drug-likeness (QED) is 0.765. The van der Waals surface area contributed by atoms with E-state index < -0.39 is 0 Å². The number of hydrogen-bond acceptors (Lipinski definition) is 3. The standard InChI is InChI=1S/C16H16N4O2/c1-11-9-17-10-20(16(11)22)7-6-18-15(21)14-8-12-4-2-3-5-13(12)19-14/h2-5,8-10,19H,6-7H2,1H3,(H,18,21). The van der Waals surface area contributed by atoms with Crippen molar-refractivity contribution in [2.75, 3.05) is 6.54 Å². The van der Waals surface area contributed by atoms with Gasteiger partial charge in [-0.15, -0.1) is 0 Å². The molecule has 0 fully saturated rings. The summed E-state index contributed by atoms with van der Waals surface area (Å²) in [7, 11) is 0. The first-order valence-electron chi connectivity index (χ1n) is 7.02. The molecule has 0 saturated heterocycles. The van der Waals surface area contributed by atoms with Gasteiger partial charge in [-0.3, -0.25) is 14.2 Å². The van der Waals surface area contributed by atoms with Crippen molar-refractivity contribution < 1.29 is 4.79 Å². The molecule has 1 amide bonds. The zero-order chi connectivity index (χ0) is 15.5. The third kappa shape index (κ3) is 2.76. The lowest BCUT2D eigenvalue weighted by atomic mass is 10.2. The summed E-state index contributed by atoms with van der Waals surface area (Å²) in [6.07, 6.45) is 3.01. The number of fused-ring (bicyclic) bond motifs is 1. The fourth-order valence-electron chi connectivity index (χ4n) is 2.30. The Balaban J connectivity index is 1.65. The molecule has 0 aliphatic heterocycles. The average Bonchev–Trinajstić information content (AvgIpc) is 2.95. The van der Waals surface area contributed by atoms with Crippen LogP contribution in [0.3, 0.4) is 0 Å². The van der Waals surface area contributed by atoms with Crippen LogP contribution in [0.15, 0.2) is 47.7 Å². The smallest absolute Gasteiger partial charge is 0.267 e. The van der Waals surface area contributed by atoms with Crippen molar-refractivity contribution in [3.8, 4) is 0 Å². The SMILES string of the molecule is Cc1cncn(CCNC(=O)c2cc3ccccc3[nH]2)c1=O. The number of aromatic amines is 1. The van der Waals surface area contributed by atoms with E-state index in [2.05, 4.69) is 15.3 Å². The molecular formula is C16H16N4O2. The maximum atomic E-state index is 12.1. The Morgan fingerprint density at radius 2 is 2.18 bits per heavy atom. The first-order valence-corrected chi connectivity index (χ1v) is 7.02. The zero-order valence-corrected chi connectivity index (χ0v) is 12.2. The van der Waals surface area contributed by atoms with Crippen LogP contribution in [-0.2, 0) is 6.54 Å². The van der Waals surface area contributed by atoms with Crippen LogP contribution >= 0.6 is 0 Å². The van der Waals surface area contributed by atoms with E-state index in [1.165, 1.54) is 17.1 Å². The molecule has 0 aliphatic rings. The molecular weight excluding hydrogens is 280 g/mol. The molecule has 0 atom stereocenters. The van der Waals surface area contributed by atoms with E-state index in [0.29, 0.717) is 24.3 Å². The van der Waals surface area contributed by atoms with Gasteiger partial charge in [0, 0.05) is 35.8 Å². The van der Waals surface area contributed by atoms with E-state index in [4.69, 9.17) is 0 Å². The second-order valence-electron chi connectivity index (χ2n) is 5.10. The first-order chi connectivity index (χ1) is 10.6. The molecule has 6 nitrogen and oxygen atoms in total. The number of H-pyrrole nitrogens is 1. The number of benzene rings is 1. The number of amides is 1. The Hall–Kier alpha value is -2.89. The molecule has 3 rings (SSSR count). The van der Waals surface area contributed by atoms with E-state index in [1.54, 1.807) is 6.92 Å². The zero-order valence-electron chi connectivity index (χ0n) is 12.2. The lowest BCUT2D eigenvalue weighted by molar-refractivity contribution is 0.0948. The monoisotopic (exact) mass is 296 g/mol. The van der Waals surface area contributed by atoms with Gasteiger partial charge in [0.15, 0.2) is 0 Å². The van der Waals surface area contributed by atoms with Gasteiger partial charge in [0.2, 0.25) is 0 Å². The van der Waals surface area contributed by atoms with Crippen molar-refractivity contribution in [1.82, 2.24) is 19.9 Å². The van der Waals surface area contributed by atoms with Crippen LogP contribution in [0.2, 0.25) is 0 Å². The van der Waals surface area contributed by atoms with Crippen LogP contribution in [0.5, 0.6) is 0 Å². The first kappa shape index (κ1) is 14.1. The molecule has 112 valence electrons. The molecule has 0 spiro atoms. The van der Waals surface area contributed by atoms with Gasteiger partial charge in [0.25, 0.3) is 11.5 Å². The van der Waals surface area contributed by atoms with Crippen molar-refractivity contribution in [3.63, 3.8) is 0 Å². The molecule has 6 heteroatoms. The van der Waals surface area contributed by atoms with Gasteiger partial charge in [0.05, 0.1) is 6.33 Å². The molecule has 1 aromatic carbocycles. The van der Waals surface area contributed by atoms with E-state index in [-0.39, 0.29) is 11.5 Å². The summed E-state index contributed by atoms with van der Waals surface area (Å²) in [4.78, 5) is 31.0. The molecule has 0 radical (unpaired) electrons. The van der Waals surface area contributed by atoms with Gasteiger partial charge in [-0.25, -0.2) is 4.98 Å². The summed E-state index contributed by atoms with van der Waals surface area (Å²) < 4.78 is 1.49. The largest absolute Gasteiger partial charge is 0.351 e. The lowest BCUT2D eigenvalue weighted by Crippen LogP contribution is -2.31. The average molecular weight is 296 g/mol. The molecule has 0 bridgehead atoms. The molecule has 3 aromatic rings. The van der Waals surface area contributed by atoms with Crippen molar-refractivity contribution in [2.24, 2.45) is 0 Å². The molecule has 2 heterocycles. The van der Waals surface area contributed by atoms with Crippen molar-refractivity contribution >= 4 is 16.8 Å². The summed E-state index contributed by atoms with van der Waals surface area (Å²) in [5.74, 6) is -0.190. The lowest BCUT2D eigenvalue weighted by Gasteiger charge is -2.06. The minimum atomic E-state index is -0.190. The number of aryl methyl sites for hydroxylation is 1. The highest BCUT2D eigenvalue weighted by Gasteiger charge is 2.08. The minimum Gasteiger partial charge on any atom is -0.351 e. The number of nitrogens with zero attached hydrogens (tertiary/aromatic N) is 2. The van der Waals surface area contributed by atoms with E-state index >= 15 is 0 Å². The highest BCUT2D eigenvalue weighted by molar-refractivity contribution is 5.97. The predicted octanol–water partition coefficient (Wildman–Crippen LogP) is 1.46. The maximum absolute atomic E-state index is 12.1. The normalized spacial score (nSPS) is 10.8. The third-order valence-electron chi connectivity index (χ3n) is 3.49. The summed E-state index contributed by atoms with van der Waals surface area (Å²) >= 11 is 0. The Labute approximate surface area is 126 Å². The highest BCUT2D eigenvalue weighted by atomic mass is 16.2. The van der Waals surface area contributed by atoms with Crippen LogP contribution in [0, 0.1) is 6.92 Å². The summed E-state index contributed by atoms with van der Waals surface area (Å²) in [6, 6.07) is 9.52. The number of rotatable bonds is 4. The van der Waals surface area contributed by atoms with Crippen LogP contribution in [0.4, 0.5) is 0 Å². The van der Waals surface area contributed by atoms with Gasteiger partial charge < -0.3 is 10.3 Å². The number of aromatic nitrogens is 3. The topological polar surface area (TPSA) is 79.8 Å². The number of carbonyl (C=O) groups excluding carboxylic acids is 1. The minimum absolute atomic E-state index is 0.0881. The maximum Gasteiger partial charge on any atom is 0.267 e. The van der Waals surface area contributed by atoms with E-state index in [9.17, 15) is 9.59 Å². The van der Waals surface area contributed by atoms with Gasteiger partial charge in [-0.2, -0.15) is 0 Å². The molecule has 22 heavy (non-hydrogen) atoms. The Morgan fingerprint density at radius 3 is 3.00 bits per heavy atom. The number of hydrogen-bond donors (Lipinski definition) is 2. The molecule has 2 N–H and O–H groups in total. The predicted molar refractivity (Wildman–Crippen MR) is 83.9 cm³/mol. The van der Waals surface area contributed by atoms with E-state index in [1.807, 2.05) is 30.3 Å². The summed E-state index contributed by atoms with van der Waals surface area (Å²) in [5, 5.41) is 3.79. The van der Waals surface area contributed by atoms with Gasteiger partial charge >= 0.3 is 0 Å². The van der Waals surface area contributed by atoms with Crippen LogP contribution < -0.4 is 10.9 Å². The number of para-hydroxylation sites is 1.